The first-order chi connectivity index (χ1) is 7.18. The maximum absolute atomic E-state index is 2.62. The van der Waals surface area contributed by atoms with Gasteiger partial charge in [-0.25, -0.2) is 0 Å². The summed E-state index contributed by atoms with van der Waals surface area (Å²) in [6.07, 6.45) is 4.08. The summed E-state index contributed by atoms with van der Waals surface area (Å²) in [6.45, 7) is 7.10. The topological polar surface area (TPSA) is 3.24 Å². The number of benzene rings is 1. The van der Waals surface area contributed by atoms with Crippen LogP contribution in [0.5, 0.6) is 0 Å². The van der Waals surface area contributed by atoms with Crippen LogP contribution >= 0.6 is 0 Å². The van der Waals surface area contributed by atoms with Crippen LogP contribution in [0.25, 0.3) is 0 Å². The molecule has 0 aliphatic carbocycles. The van der Waals surface area contributed by atoms with Crippen LogP contribution in [0, 0.1) is 0 Å². The molecule has 82 valence electrons. The monoisotopic (exact) mass is 203 g/mol. The summed E-state index contributed by atoms with van der Waals surface area (Å²) in [4.78, 5) is 2.62. The molecule has 0 atom stereocenters. The Labute approximate surface area is 93.1 Å². The summed E-state index contributed by atoms with van der Waals surface area (Å²) in [5, 5.41) is 0. The van der Waals surface area contributed by atoms with Crippen molar-refractivity contribution in [1.29, 1.82) is 0 Å². The van der Waals surface area contributed by atoms with E-state index in [9.17, 15) is 0 Å². The molecule has 0 radical (unpaired) electrons. The van der Waals surface area contributed by atoms with Crippen LogP contribution in [0.2, 0.25) is 0 Å². The van der Waals surface area contributed by atoms with E-state index in [1.807, 2.05) is 0 Å². The van der Waals surface area contributed by atoms with Crippen LogP contribution in [0.3, 0.4) is 0 Å². The number of hydrogen-bond donors (Lipinski definition) is 0. The molecule has 15 heavy (non-hydrogen) atoms. The zero-order valence-corrected chi connectivity index (χ0v) is 9.87. The second kappa shape index (κ2) is 4.36. The molecule has 1 saturated heterocycles. The van der Waals surface area contributed by atoms with E-state index in [2.05, 4.69) is 49.1 Å². The fraction of sp³-hybridized carbons (Fsp3) is 0.571. The van der Waals surface area contributed by atoms with Gasteiger partial charge in [0.05, 0.1) is 0 Å². The molecular formula is C14H21N. The van der Waals surface area contributed by atoms with Gasteiger partial charge < -0.3 is 0 Å². The minimum absolute atomic E-state index is 0.383. The molecule has 0 unspecified atom stereocenters. The average Bonchev–Trinajstić information content (AvgIpc) is 2.23. The number of likely N-dealkylation sites (tertiary alicyclic amines) is 1. The van der Waals surface area contributed by atoms with Crippen molar-refractivity contribution in [2.24, 2.45) is 0 Å². The predicted molar refractivity (Wildman–Crippen MR) is 64.8 cm³/mol. The number of hydrogen-bond acceptors (Lipinski definition) is 1. The third-order valence-electron chi connectivity index (χ3n) is 3.54. The van der Waals surface area contributed by atoms with Crippen LogP contribution in [0.4, 0.5) is 0 Å². The Bertz CT molecular complexity index is 302. The molecule has 1 aromatic rings. The normalized spacial score (nSPS) is 21.5. The maximum atomic E-state index is 2.62. The molecule has 1 heteroatoms. The number of nitrogens with zero attached hydrogens (tertiary/aromatic N) is 1. The van der Waals surface area contributed by atoms with Gasteiger partial charge in [0.15, 0.2) is 0 Å². The van der Waals surface area contributed by atoms with E-state index in [1.165, 1.54) is 31.4 Å². The molecule has 1 nitrogen and oxygen atoms in total. The quantitative estimate of drug-likeness (QED) is 0.711. The molecule has 0 N–H and O–H groups in total. The van der Waals surface area contributed by atoms with E-state index in [4.69, 9.17) is 0 Å². The Hall–Kier alpha value is -0.820. The molecule has 0 saturated carbocycles. The van der Waals surface area contributed by atoms with Crippen LogP contribution in [0.15, 0.2) is 30.3 Å². The molecular weight excluding hydrogens is 182 g/mol. The Morgan fingerprint density at radius 2 is 1.87 bits per heavy atom. The molecule has 1 aliphatic heterocycles. The predicted octanol–water partition coefficient (Wildman–Crippen LogP) is 3.45. The van der Waals surface area contributed by atoms with Gasteiger partial charge in [-0.3, -0.25) is 4.90 Å². The highest BCUT2D eigenvalue weighted by molar-refractivity contribution is 5.15. The van der Waals surface area contributed by atoms with E-state index >= 15 is 0 Å². The summed E-state index contributed by atoms with van der Waals surface area (Å²) in [5.74, 6) is 0. The third kappa shape index (κ3) is 2.60. The molecule has 0 amide bonds. The van der Waals surface area contributed by atoms with Crippen LogP contribution in [-0.4, -0.2) is 17.0 Å². The first kappa shape index (κ1) is 10.7. The zero-order chi connectivity index (χ0) is 10.7. The Balaban J connectivity index is 2.05. The minimum Gasteiger partial charge on any atom is -0.294 e. The van der Waals surface area contributed by atoms with Crippen molar-refractivity contribution in [3.63, 3.8) is 0 Å². The summed E-state index contributed by atoms with van der Waals surface area (Å²) < 4.78 is 0. The van der Waals surface area contributed by atoms with Crippen molar-refractivity contribution in [1.82, 2.24) is 4.90 Å². The summed E-state index contributed by atoms with van der Waals surface area (Å²) >= 11 is 0. The fourth-order valence-corrected chi connectivity index (χ4v) is 2.42. The largest absolute Gasteiger partial charge is 0.294 e. The van der Waals surface area contributed by atoms with Crippen molar-refractivity contribution in [2.45, 2.75) is 45.2 Å². The molecule has 1 heterocycles. The maximum Gasteiger partial charge on any atom is 0.0239 e. The minimum atomic E-state index is 0.383. The Kier molecular flexibility index (Phi) is 3.11. The molecule has 1 fully saturated rings. The van der Waals surface area contributed by atoms with E-state index in [-0.39, 0.29) is 0 Å². The summed E-state index contributed by atoms with van der Waals surface area (Å²) in [6, 6.07) is 10.8. The smallest absolute Gasteiger partial charge is 0.0239 e. The Morgan fingerprint density at radius 3 is 2.53 bits per heavy atom. The molecule has 0 aromatic heterocycles. The third-order valence-corrected chi connectivity index (χ3v) is 3.54. The molecule has 0 bridgehead atoms. The number of piperidine rings is 1. The second-order valence-electron chi connectivity index (χ2n) is 5.18. The lowest BCUT2D eigenvalue weighted by Gasteiger charge is -2.42. The molecule has 0 spiro atoms. The molecule has 1 aliphatic rings. The number of rotatable bonds is 2. The van der Waals surface area contributed by atoms with Gasteiger partial charge in [-0.05, 0) is 38.8 Å². The summed E-state index contributed by atoms with van der Waals surface area (Å²) in [5.41, 5.74) is 1.82. The Morgan fingerprint density at radius 1 is 1.13 bits per heavy atom. The first-order valence-corrected chi connectivity index (χ1v) is 5.97. The second-order valence-corrected chi connectivity index (χ2v) is 5.18. The van der Waals surface area contributed by atoms with Crippen LogP contribution in [0.1, 0.15) is 38.7 Å². The van der Waals surface area contributed by atoms with Crippen LogP contribution < -0.4 is 0 Å². The van der Waals surface area contributed by atoms with E-state index < -0.39 is 0 Å². The van der Waals surface area contributed by atoms with Gasteiger partial charge in [0.1, 0.15) is 0 Å². The van der Waals surface area contributed by atoms with Gasteiger partial charge in [0.2, 0.25) is 0 Å². The van der Waals surface area contributed by atoms with Gasteiger partial charge in [-0.15, -0.1) is 0 Å². The van der Waals surface area contributed by atoms with Gasteiger partial charge in [0, 0.05) is 12.1 Å². The zero-order valence-electron chi connectivity index (χ0n) is 9.87. The highest BCUT2D eigenvalue weighted by Gasteiger charge is 2.29. The van der Waals surface area contributed by atoms with Crippen molar-refractivity contribution in [3.8, 4) is 0 Å². The summed E-state index contributed by atoms with van der Waals surface area (Å²) in [7, 11) is 0. The van der Waals surface area contributed by atoms with Crippen molar-refractivity contribution in [2.75, 3.05) is 6.54 Å². The molecule has 1 aromatic carbocycles. The van der Waals surface area contributed by atoms with Gasteiger partial charge in [-0.1, -0.05) is 36.8 Å². The van der Waals surface area contributed by atoms with Gasteiger partial charge >= 0.3 is 0 Å². The van der Waals surface area contributed by atoms with E-state index in [1.54, 1.807) is 0 Å². The lowest BCUT2D eigenvalue weighted by atomic mass is 9.90. The lowest BCUT2D eigenvalue weighted by molar-refractivity contribution is 0.0692. The van der Waals surface area contributed by atoms with Crippen LogP contribution in [-0.2, 0) is 6.54 Å². The molecule has 2 rings (SSSR count). The standard InChI is InChI=1S/C14H21N/c1-14(2)10-6-7-11-15(14)12-13-8-4-3-5-9-13/h3-5,8-9H,6-7,10-12H2,1-2H3. The highest BCUT2D eigenvalue weighted by Crippen LogP contribution is 2.28. The van der Waals surface area contributed by atoms with E-state index in [0.29, 0.717) is 5.54 Å². The first-order valence-electron chi connectivity index (χ1n) is 5.97. The van der Waals surface area contributed by atoms with Crippen molar-refractivity contribution in [3.05, 3.63) is 35.9 Å². The highest BCUT2D eigenvalue weighted by atomic mass is 15.2. The van der Waals surface area contributed by atoms with Gasteiger partial charge in [-0.2, -0.15) is 0 Å². The fourth-order valence-electron chi connectivity index (χ4n) is 2.42. The van der Waals surface area contributed by atoms with Gasteiger partial charge in [0.25, 0.3) is 0 Å². The average molecular weight is 203 g/mol. The van der Waals surface area contributed by atoms with Crippen molar-refractivity contribution >= 4 is 0 Å². The lowest BCUT2D eigenvalue weighted by Crippen LogP contribution is -2.46. The SMILES string of the molecule is CC1(C)CCCCN1Cc1ccccc1. The van der Waals surface area contributed by atoms with E-state index in [0.717, 1.165) is 6.54 Å². The van der Waals surface area contributed by atoms with Crippen molar-refractivity contribution < 1.29 is 0 Å².